The summed E-state index contributed by atoms with van der Waals surface area (Å²) >= 11 is 6.02. The average Bonchev–Trinajstić information content (AvgIpc) is 2.94. The molecule has 34 heavy (non-hydrogen) atoms. The van der Waals surface area contributed by atoms with Crippen LogP contribution in [0.2, 0.25) is 5.02 Å². The van der Waals surface area contributed by atoms with Gasteiger partial charge in [0.2, 0.25) is 11.8 Å². The molecule has 3 N–H and O–H groups in total. The molecule has 8 heteroatoms. The summed E-state index contributed by atoms with van der Waals surface area (Å²) in [4.78, 5) is 37.5. The SMILES string of the molecule is O=C(C[C@@H]1NC(=O)c2ccccc2NC1=O)NCCC(c1ccc(F)cc1)c1ccc(Cl)cc1. The van der Waals surface area contributed by atoms with Crippen LogP contribution in [0, 0.1) is 5.82 Å². The highest BCUT2D eigenvalue weighted by atomic mass is 35.5. The first-order chi connectivity index (χ1) is 16.4. The highest BCUT2D eigenvalue weighted by Gasteiger charge is 2.29. The van der Waals surface area contributed by atoms with Gasteiger partial charge in [0.15, 0.2) is 0 Å². The molecule has 0 radical (unpaired) electrons. The number of para-hydroxylation sites is 1. The number of halogens is 2. The standard InChI is InChI=1S/C26H23ClFN3O3/c27-18-9-5-16(6-10-18)20(17-7-11-19(28)12-8-17)13-14-29-24(32)15-23-26(34)30-22-4-2-1-3-21(22)25(33)31-23/h1-12,20,23H,13-15H2,(H,29,32)(H,30,34)(H,31,33)/t20?,23-/m0/s1. The van der Waals surface area contributed by atoms with Crippen LogP contribution in [-0.4, -0.2) is 30.3 Å². The molecule has 1 unspecified atom stereocenters. The Hall–Kier alpha value is -3.71. The van der Waals surface area contributed by atoms with Crippen molar-refractivity contribution in [2.24, 2.45) is 0 Å². The Bertz CT molecular complexity index is 1150. The van der Waals surface area contributed by atoms with E-state index in [4.69, 9.17) is 11.6 Å². The Kier molecular flexibility index (Phi) is 7.23. The van der Waals surface area contributed by atoms with Crippen LogP contribution in [0.3, 0.4) is 0 Å². The van der Waals surface area contributed by atoms with Gasteiger partial charge in [0.05, 0.1) is 17.7 Å². The van der Waals surface area contributed by atoms with Gasteiger partial charge in [-0.2, -0.15) is 0 Å². The van der Waals surface area contributed by atoms with E-state index in [0.29, 0.717) is 29.2 Å². The molecule has 0 fully saturated rings. The second-order valence-corrected chi connectivity index (χ2v) is 8.50. The number of anilines is 1. The van der Waals surface area contributed by atoms with Gasteiger partial charge in [-0.3, -0.25) is 14.4 Å². The van der Waals surface area contributed by atoms with E-state index in [2.05, 4.69) is 16.0 Å². The van der Waals surface area contributed by atoms with Crippen molar-refractivity contribution >= 4 is 35.0 Å². The highest BCUT2D eigenvalue weighted by Crippen LogP contribution is 2.29. The van der Waals surface area contributed by atoms with Gasteiger partial charge in [0.1, 0.15) is 11.9 Å². The third-order valence-electron chi connectivity index (χ3n) is 5.74. The van der Waals surface area contributed by atoms with Crippen LogP contribution < -0.4 is 16.0 Å². The Morgan fingerprint density at radius 1 is 0.971 bits per heavy atom. The highest BCUT2D eigenvalue weighted by molar-refractivity contribution is 6.30. The minimum atomic E-state index is -0.982. The zero-order valence-corrected chi connectivity index (χ0v) is 18.9. The molecule has 0 spiro atoms. The predicted molar refractivity (Wildman–Crippen MR) is 128 cm³/mol. The minimum Gasteiger partial charge on any atom is -0.356 e. The van der Waals surface area contributed by atoms with E-state index < -0.39 is 17.9 Å². The molecular formula is C26H23ClFN3O3. The first-order valence-corrected chi connectivity index (χ1v) is 11.3. The molecule has 2 atom stereocenters. The van der Waals surface area contributed by atoms with Gasteiger partial charge >= 0.3 is 0 Å². The van der Waals surface area contributed by atoms with E-state index in [1.165, 1.54) is 12.1 Å². The Morgan fingerprint density at radius 2 is 1.62 bits per heavy atom. The maximum atomic E-state index is 13.4. The van der Waals surface area contributed by atoms with Gasteiger partial charge in [-0.1, -0.05) is 48.0 Å². The van der Waals surface area contributed by atoms with E-state index in [0.717, 1.165) is 11.1 Å². The summed E-state index contributed by atoms with van der Waals surface area (Å²) < 4.78 is 13.4. The number of benzene rings is 3. The molecular weight excluding hydrogens is 457 g/mol. The van der Waals surface area contributed by atoms with Crippen molar-refractivity contribution in [1.29, 1.82) is 0 Å². The summed E-state index contributed by atoms with van der Waals surface area (Å²) in [5.74, 6) is -1.63. The lowest BCUT2D eigenvalue weighted by atomic mass is 9.88. The number of nitrogens with one attached hydrogen (secondary N) is 3. The summed E-state index contributed by atoms with van der Waals surface area (Å²) in [5, 5.41) is 8.75. The number of fused-ring (bicyclic) bond motifs is 1. The Labute approximate surface area is 201 Å². The van der Waals surface area contributed by atoms with Gasteiger partial charge < -0.3 is 16.0 Å². The summed E-state index contributed by atoms with van der Waals surface area (Å²) in [5.41, 5.74) is 2.66. The van der Waals surface area contributed by atoms with Crippen molar-refractivity contribution in [3.63, 3.8) is 0 Å². The molecule has 0 saturated heterocycles. The van der Waals surface area contributed by atoms with Crippen LogP contribution in [-0.2, 0) is 9.59 Å². The van der Waals surface area contributed by atoms with Gasteiger partial charge in [0, 0.05) is 17.5 Å². The first kappa shape index (κ1) is 23.4. The molecule has 1 aliphatic heterocycles. The van der Waals surface area contributed by atoms with Gasteiger partial charge in [-0.05, 0) is 53.9 Å². The molecule has 0 aliphatic carbocycles. The zero-order valence-electron chi connectivity index (χ0n) is 18.2. The van der Waals surface area contributed by atoms with Crippen molar-refractivity contribution in [2.75, 3.05) is 11.9 Å². The van der Waals surface area contributed by atoms with Crippen molar-refractivity contribution in [1.82, 2.24) is 10.6 Å². The summed E-state index contributed by atoms with van der Waals surface area (Å²) in [7, 11) is 0. The Morgan fingerprint density at radius 3 is 2.32 bits per heavy atom. The second kappa shape index (κ2) is 10.5. The first-order valence-electron chi connectivity index (χ1n) is 10.9. The van der Waals surface area contributed by atoms with Crippen molar-refractivity contribution in [3.05, 3.63) is 100 Å². The number of amides is 3. The van der Waals surface area contributed by atoms with Gasteiger partial charge in [-0.15, -0.1) is 0 Å². The second-order valence-electron chi connectivity index (χ2n) is 8.06. The van der Waals surface area contributed by atoms with Crippen LogP contribution in [0.4, 0.5) is 10.1 Å². The van der Waals surface area contributed by atoms with Crippen molar-refractivity contribution in [3.8, 4) is 0 Å². The number of carbonyl (C=O) groups is 3. The molecule has 0 aromatic heterocycles. The maximum Gasteiger partial charge on any atom is 0.254 e. The predicted octanol–water partition coefficient (Wildman–Crippen LogP) is 4.26. The lowest BCUT2D eigenvalue weighted by molar-refractivity contribution is -0.125. The van der Waals surface area contributed by atoms with Crippen LogP contribution in [0.5, 0.6) is 0 Å². The molecule has 0 bridgehead atoms. The Balaban J connectivity index is 1.38. The normalized spacial score (nSPS) is 16.0. The fourth-order valence-electron chi connectivity index (χ4n) is 3.98. The van der Waals surface area contributed by atoms with Crippen LogP contribution >= 0.6 is 11.6 Å². The molecule has 3 amide bonds. The number of hydrogen-bond donors (Lipinski definition) is 3. The number of rotatable bonds is 7. The summed E-state index contributed by atoms with van der Waals surface area (Å²) in [6.07, 6.45) is 0.362. The third kappa shape index (κ3) is 5.61. The van der Waals surface area contributed by atoms with E-state index in [1.807, 2.05) is 12.1 Å². The van der Waals surface area contributed by atoms with E-state index in [1.54, 1.807) is 48.5 Å². The smallest absolute Gasteiger partial charge is 0.254 e. The average molecular weight is 480 g/mol. The molecule has 1 heterocycles. The minimum absolute atomic E-state index is 0.0893. The topological polar surface area (TPSA) is 87.3 Å². The molecule has 6 nitrogen and oxygen atoms in total. The van der Waals surface area contributed by atoms with Gasteiger partial charge in [-0.25, -0.2) is 4.39 Å². The van der Waals surface area contributed by atoms with E-state index in [-0.39, 0.29) is 24.1 Å². The molecule has 4 rings (SSSR count). The largest absolute Gasteiger partial charge is 0.356 e. The van der Waals surface area contributed by atoms with E-state index in [9.17, 15) is 18.8 Å². The van der Waals surface area contributed by atoms with Crippen LogP contribution in [0.1, 0.15) is 40.2 Å². The number of carbonyl (C=O) groups excluding carboxylic acids is 3. The lowest BCUT2D eigenvalue weighted by Crippen LogP contribution is -2.44. The lowest BCUT2D eigenvalue weighted by Gasteiger charge is -2.19. The zero-order chi connectivity index (χ0) is 24.1. The van der Waals surface area contributed by atoms with Gasteiger partial charge in [0.25, 0.3) is 5.91 Å². The third-order valence-corrected chi connectivity index (χ3v) is 5.99. The number of hydrogen-bond acceptors (Lipinski definition) is 3. The quantitative estimate of drug-likeness (QED) is 0.473. The molecule has 1 aliphatic rings. The molecule has 3 aromatic rings. The van der Waals surface area contributed by atoms with Crippen LogP contribution in [0.25, 0.3) is 0 Å². The van der Waals surface area contributed by atoms with Crippen molar-refractivity contribution in [2.45, 2.75) is 24.8 Å². The maximum absolute atomic E-state index is 13.4. The molecule has 174 valence electrons. The fourth-order valence-corrected chi connectivity index (χ4v) is 4.11. The van der Waals surface area contributed by atoms with Crippen LogP contribution in [0.15, 0.2) is 72.8 Å². The van der Waals surface area contributed by atoms with Crippen molar-refractivity contribution < 1.29 is 18.8 Å². The summed E-state index contributed by atoms with van der Waals surface area (Å²) in [6.45, 7) is 0.325. The molecule has 3 aromatic carbocycles. The molecule has 0 saturated carbocycles. The summed E-state index contributed by atoms with van der Waals surface area (Å²) in [6, 6.07) is 19.3. The van der Waals surface area contributed by atoms with E-state index >= 15 is 0 Å². The monoisotopic (exact) mass is 479 g/mol. The fraction of sp³-hybridized carbons (Fsp3) is 0.192.